The lowest BCUT2D eigenvalue weighted by molar-refractivity contribution is 0.173. The van der Waals surface area contributed by atoms with Gasteiger partial charge in [0, 0.05) is 23.1 Å². The van der Waals surface area contributed by atoms with E-state index in [1.165, 1.54) is 37.4 Å². The van der Waals surface area contributed by atoms with Crippen molar-refractivity contribution in [1.82, 2.24) is 0 Å². The van der Waals surface area contributed by atoms with Gasteiger partial charge in [0.05, 0.1) is 13.2 Å². The third kappa shape index (κ3) is 3.26. The summed E-state index contributed by atoms with van der Waals surface area (Å²) in [5.74, 6) is -0.668. The van der Waals surface area contributed by atoms with Gasteiger partial charge in [-0.2, -0.15) is 0 Å². The summed E-state index contributed by atoms with van der Waals surface area (Å²) in [6.45, 7) is 0. The van der Waals surface area contributed by atoms with E-state index >= 15 is 0 Å². The van der Waals surface area contributed by atoms with Crippen molar-refractivity contribution in [1.29, 1.82) is 0 Å². The first kappa shape index (κ1) is 14.8. The van der Waals surface area contributed by atoms with Gasteiger partial charge in [0.2, 0.25) is 0 Å². The predicted octanol–water partition coefficient (Wildman–Crippen LogP) is 3.90. The number of halogens is 3. The highest BCUT2D eigenvalue weighted by molar-refractivity contribution is 6.31. The van der Waals surface area contributed by atoms with Gasteiger partial charge in [0.15, 0.2) is 0 Å². The summed E-state index contributed by atoms with van der Waals surface area (Å²) >= 11 is 5.92. The molecule has 1 atom stereocenters. The molecule has 106 valence electrons. The second-order valence-corrected chi connectivity index (χ2v) is 4.75. The molecule has 0 aliphatic rings. The quantitative estimate of drug-likeness (QED) is 0.927. The van der Waals surface area contributed by atoms with Crippen LogP contribution < -0.4 is 4.74 Å². The molecule has 20 heavy (non-hydrogen) atoms. The second-order valence-electron chi connectivity index (χ2n) is 4.34. The van der Waals surface area contributed by atoms with Gasteiger partial charge in [0.25, 0.3) is 0 Å². The smallest absolute Gasteiger partial charge is 0.132 e. The SMILES string of the molecule is COc1ccc(C(O)Cc2cc(F)ccc2Cl)c(F)c1. The van der Waals surface area contributed by atoms with Gasteiger partial charge < -0.3 is 9.84 Å². The van der Waals surface area contributed by atoms with E-state index in [4.69, 9.17) is 16.3 Å². The normalized spacial score (nSPS) is 12.2. The van der Waals surface area contributed by atoms with Crippen LogP contribution in [0.15, 0.2) is 36.4 Å². The minimum absolute atomic E-state index is 0.0276. The number of aliphatic hydroxyl groups is 1. The van der Waals surface area contributed by atoms with Gasteiger partial charge in [-0.05, 0) is 35.9 Å². The number of ether oxygens (including phenoxy) is 1. The Bertz CT molecular complexity index is 617. The molecule has 0 heterocycles. The molecule has 2 aromatic carbocycles. The molecule has 0 aromatic heterocycles. The maximum absolute atomic E-state index is 13.8. The lowest BCUT2D eigenvalue weighted by Crippen LogP contribution is -2.05. The van der Waals surface area contributed by atoms with Crippen LogP contribution in [0, 0.1) is 11.6 Å². The molecule has 0 bridgehead atoms. The van der Waals surface area contributed by atoms with Crippen molar-refractivity contribution in [2.24, 2.45) is 0 Å². The molecular weight excluding hydrogens is 286 g/mol. The minimum atomic E-state index is -1.11. The van der Waals surface area contributed by atoms with Crippen LogP contribution in [-0.4, -0.2) is 12.2 Å². The van der Waals surface area contributed by atoms with E-state index in [9.17, 15) is 13.9 Å². The van der Waals surface area contributed by atoms with Crippen LogP contribution in [-0.2, 0) is 6.42 Å². The van der Waals surface area contributed by atoms with E-state index in [-0.39, 0.29) is 12.0 Å². The molecule has 0 fully saturated rings. The Morgan fingerprint density at radius 1 is 1.20 bits per heavy atom. The first-order valence-electron chi connectivity index (χ1n) is 5.96. The number of aliphatic hydroxyl groups excluding tert-OH is 1. The number of methoxy groups -OCH3 is 1. The number of rotatable bonds is 4. The second kappa shape index (κ2) is 6.20. The molecule has 0 amide bonds. The lowest BCUT2D eigenvalue weighted by Gasteiger charge is -2.14. The Morgan fingerprint density at radius 3 is 2.60 bits per heavy atom. The molecule has 2 nitrogen and oxygen atoms in total. The number of benzene rings is 2. The zero-order chi connectivity index (χ0) is 14.7. The van der Waals surface area contributed by atoms with Crippen molar-refractivity contribution >= 4 is 11.6 Å². The average molecular weight is 299 g/mol. The first-order chi connectivity index (χ1) is 9.51. The van der Waals surface area contributed by atoms with Gasteiger partial charge in [-0.25, -0.2) is 8.78 Å². The fraction of sp³-hybridized carbons (Fsp3) is 0.200. The van der Waals surface area contributed by atoms with Gasteiger partial charge in [0.1, 0.15) is 17.4 Å². The largest absolute Gasteiger partial charge is 0.497 e. The minimum Gasteiger partial charge on any atom is -0.497 e. The molecule has 1 N–H and O–H groups in total. The molecule has 0 radical (unpaired) electrons. The van der Waals surface area contributed by atoms with Crippen molar-refractivity contribution in [3.8, 4) is 5.75 Å². The maximum Gasteiger partial charge on any atom is 0.132 e. The highest BCUT2D eigenvalue weighted by Crippen LogP contribution is 2.27. The third-order valence-corrected chi connectivity index (χ3v) is 3.36. The summed E-state index contributed by atoms with van der Waals surface area (Å²) in [5.41, 5.74) is 0.542. The number of hydrogen-bond acceptors (Lipinski definition) is 2. The fourth-order valence-corrected chi connectivity index (χ4v) is 2.12. The highest BCUT2D eigenvalue weighted by atomic mass is 35.5. The maximum atomic E-state index is 13.8. The topological polar surface area (TPSA) is 29.5 Å². The van der Waals surface area contributed by atoms with E-state index < -0.39 is 17.7 Å². The van der Waals surface area contributed by atoms with Crippen molar-refractivity contribution in [2.75, 3.05) is 7.11 Å². The van der Waals surface area contributed by atoms with Gasteiger partial charge >= 0.3 is 0 Å². The molecule has 0 aliphatic heterocycles. The van der Waals surface area contributed by atoms with E-state index in [0.717, 1.165) is 0 Å². The van der Waals surface area contributed by atoms with Crippen LogP contribution in [0.5, 0.6) is 5.75 Å². The molecule has 0 saturated carbocycles. The third-order valence-electron chi connectivity index (χ3n) is 2.99. The highest BCUT2D eigenvalue weighted by Gasteiger charge is 2.16. The fourth-order valence-electron chi connectivity index (χ4n) is 1.92. The van der Waals surface area contributed by atoms with Crippen LogP contribution in [0.3, 0.4) is 0 Å². The summed E-state index contributed by atoms with van der Waals surface area (Å²) in [4.78, 5) is 0. The Balaban J connectivity index is 2.23. The number of hydrogen-bond donors (Lipinski definition) is 1. The first-order valence-corrected chi connectivity index (χ1v) is 6.34. The standard InChI is InChI=1S/C15H13ClF2O2/c1-20-11-3-4-12(14(18)8-11)15(19)7-9-6-10(17)2-5-13(9)16/h2-6,8,15,19H,7H2,1H3. The Hall–Kier alpha value is -1.65. The van der Waals surface area contributed by atoms with Gasteiger partial charge in [-0.15, -0.1) is 0 Å². The summed E-state index contributed by atoms with van der Waals surface area (Å²) < 4.78 is 31.9. The van der Waals surface area contributed by atoms with Crippen LogP contribution in [0.1, 0.15) is 17.2 Å². The summed E-state index contributed by atoms with van der Waals surface area (Å²) in [5, 5.41) is 10.4. The van der Waals surface area contributed by atoms with Crippen molar-refractivity contribution in [2.45, 2.75) is 12.5 Å². The molecule has 2 aromatic rings. The Labute approximate surface area is 120 Å². The van der Waals surface area contributed by atoms with Crippen LogP contribution in [0.4, 0.5) is 8.78 Å². The van der Waals surface area contributed by atoms with E-state index in [0.29, 0.717) is 16.3 Å². The molecular formula is C15H13ClF2O2. The summed E-state index contributed by atoms with van der Waals surface area (Å²) in [6.07, 6.45) is -1.08. The Morgan fingerprint density at radius 2 is 1.95 bits per heavy atom. The lowest BCUT2D eigenvalue weighted by atomic mass is 10.0. The summed E-state index contributed by atoms with van der Waals surface area (Å²) in [7, 11) is 1.43. The van der Waals surface area contributed by atoms with Crippen LogP contribution in [0.2, 0.25) is 5.02 Å². The Kier molecular flexibility index (Phi) is 4.57. The van der Waals surface area contributed by atoms with E-state index in [1.54, 1.807) is 6.07 Å². The summed E-state index contributed by atoms with van der Waals surface area (Å²) in [6, 6.07) is 8.04. The van der Waals surface area contributed by atoms with E-state index in [1.807, 2.05) is 0 Å². The van der Waals surface area contributed by atoms with Crippen molar-refractivity contribution in [3.05, 3.63) is 64.2 Å². The monoisotopic (exact) mass is 298 g/mol. The molecule has 1 unspecified atom stereocenters. The van der Waals surface area contributed by atoms with Crippen LogP contribution in [0.25, 0.3) is 0 Å². The van der Waals surface area contributed by atoms with Crippen LogP contribution >= 0.6 is 11.6 Å². The molecule has 0 spiro atoms. The van der Waals surface area contributed by atoms with Crippen molar-refractivity contribution in [3.63, 3.8) is 0 Å². The predicted molar refractivity (Wildman–Crippen MR) is 73.0 cm³/mol. The zero-order valence-corrected chi connectivity index (χ0v) is 11.5. The van der Waals surface area contributed by atoms with E-state index in [2.05, 4.69) is 0 Å². The molecule has 2 rings (SSSR count). The zero-order valence-electron chi connectivity index (χ0n) is 10.7. The molecule has 0 aliphatic carbocycles. The van der Waals surface area contributed by atoms with Gasteiger partial charge in [-0.1, -0.05) is 11.6 Å². The van der Waals surface area contributed by atoms with Crippen molar-refractivity contribution < 1.29 is 18.6 Å². The molecule has 5 heteroatoms. The van der Waals surface area contributed by atoms with Gasteiger partial charge in [-0.3, -0.25) is 0 Å². The molecule has 0 saturated heterocycles. The average Bonchev–Trinajstić information content (AvgIpc) is 2.42.